The number of fused-ring (bicyclic) bond motifs is 7. The average Bonchev–Trinajstić information content (AvgIpc) is 3.16. The third kappa shape index (κ3) is 6.39. The molecule has 15 nitrogen and oxygen atoms in total. The number of ether oxygens (including phenoxy) is 4. The van der Waals surface area contributed by atoms with E-state index < -0.39 is 96.9 Å². The quantitative estimate of drug-likeness (QED) is 0.100. The Balaban J connectivity index is 1.17. The first kappa shape index (κ1) is 43.3. The van der Waals surface area contributed by atoms with E-state index in [1.165, 1.54) is 5.57 Å². The van der Waals surface area contributed by atoms with Crippen molar-refractivity contribution in [3.8, 4) is 0 Å². The number of rotatable bonds is 7. The molecular weight excluding hydrogens is 744 g/mol. The molecule has 2 heterocycles. The molecule has 5 aliphatic carbocycles. The number of carbonyl (C=O) groups excluding carboxylic acids is 1. The van der Waals surface area contributed by atoms with E-state index in [0.717, 1.165) is 38.5 Å². The fourth-order valence-electron chi connectivity index (χ4n) is 13.6. The van der Waals surface area contributed by atoms with E-state index in [1.54, 1.807) is 0 Å². The lowest BCUT2D eigenvalue weighted by molar-refractivity contribution is -0.327. The molecule has 2 aliphatic heterocycles. The van der Waals surface area contributed by atoms with Gasteiger partial charge in [-0.2, -0.15) is 0 Å². The van der Waals surface area contributed by atoms with Crippen LogP contribution < -0.4 is 0 Å². The Hall–Kier alpha value is -1.76. The van der Waals surface area contributed by atoms with Crippen molar-refractivity contribution in [3.63, 3.8) is 0 Å². The normalized spacial score (nSPS) is 53.3. The van der Waals surface area contributed by atoms with Gasteiger partial charge in [0.1, 0.15) is 42.7 Å². The number of carbonyl (C=O) groups is 2. The van der Waals surface area contributed by atoms with Gasteiger partial charge in [-0.1, -0.05) is 53.2 Å². The van der Waals surface area contributed by atoms with Gasteiger partial charge >= 0.3 is 11.9 Å². The molecule has 2 saturated heterocycles. The van der Waals surface area contributed by atoms with E-state index in [4.69, 9.17) is 18.9 Å². The second kappa shape index (κ2) is 14.7. The Morgan fingerprint density at radius 1 is 0.754 bits per heavy atom. The summed E-state index contributed by atoms with van der Waals surface area (Å²) in [5, 5.41) is 93.6. The summed E-state index contributed by atoms with van der Waals surface area (Å²) in [6.45, 7) is 12.6. The molecule has 57 heavy (non-hydrogen) atoms. The third-order valence-electron chi connectivity index (χ3n) is 17.3. The Bertz CT molecular complexity index is 1590. The van der Waals surface area contributed by atoms with Gasteiger partial charge in [0.15, 0.2) is 12.4 Å². The van der Waals surface area contributed by atoms with Crippen LogP contribution in [0.2, 0.25) is 0 Å². The zero-order valence-corrected chi connectivity index (χ0v) is 34.1. The Kier molecular flexibility index (Phi) is 11.2. The summed E-state index contributed by atoms with van der Waals surface area (Å²) in [4.78, 5) is 26.4. The molecule has 7 aliphatic rings. The van der Waals surface area contributed by atoms with Crippen molar-refractivity contribution in [2.24, 2.45) is 50.2 Å². The highest BCUT2D eigenvalue weighted by Crippen LogP contribution is 2.76. The predicted octanol–water partition coefficient (Wildman–Crippen LogP) is 1.38. The van der Waals surface area contributed by atoms with Gasteiger partial charge in [-0.15, -0.1) is 0 Å². The number of aliphatic hydroxyl groups is 8. The first-order valence-corrected chi connectivity index (χ1v) is 21.0. The highest BCUT2D eigenvalue weighted by Gasteiger charge is 2.70. The van der Waals surface area contributed by atoms with E-state index >= 15 is 0 Å². The minimum Gasteiger partial charge on any atom is -0.479 e. The molecule has 324 valence electrons. The van der Waals surface area contributed by atoms with Crippen molar-refractivity contribution in [2.75, 3.05) is 13.2 Å². The number of allylic oxidation sites excluding steroid dienone is 2. The van der Waals surface area contributed by atoms with Gasteiger partial charge in [0.05, 0.1) is 24.7 Å². The Labute approximate surface area is 334 Å². The number of esters is 1. The minimum absolute atomic E-state index is 0.0262. The van der Waals surface area contributed by atoms with Crippen LogP contribution in [-0.2, 0) is 28.5 Å². The van der Waals surface area contributed by atoms with Crippen LogP contribution in [0.3, 0.4) is 0 Å². The van der Waals surface area contributed by atoms with Crippen molar-refractivity contribution < 1.29 is 74.5 Å². The minimum atomic E-state index is -1.84. The summed E-state index contributed by atoms with van der Waals surface area (Å²) >= 11 is 0. The molecule has 0 radical (unpaired) electrons. The summed E-state index contributed by atoms with van der Waals surface area (Å²) in [7, 11) is 0. The van der Waals surface area contributed by atoms with Gasteiger partial charge in [-0.25, -0.2) is 4.79 Å². The molecule has 0 unspecified atom stereocenters. The van der Waals surface area contributed by atoms with Crippen molar-refractivity contribution in [1.82, 2.24) is 0 Å². The first-order valence-electron chi connectivity index (χ1n) is 21.0. The molecule has 4 saturated carbocycles. The van der Waals surface area contributed by atoms with E-state index in [2.05, 4.69) is 40.7 Å². The maximum Gasteiger partial charge on any atom is 0.335 e. The van der Waals surface area contributed by atoms with Gasteiger partial charge in [0, 0.05) is 5.41 Å². The number of aliphatic carboxylic acids is 1. The number of aliphatic hydroxyl groups excluding tert-OH is 8. The third-order valence-corrected chi connectivity index (χ3v) is 17.3. The van der Waals surface area contributed by atoms with E-state index in [0.29, 0.717) is 25.7 Å². The molecule has 0 aromatic heterocycles. The van der Waals surface area contributed by atoms with Gasteiger partial charge in [-0.05, 0) is 104 Å². The second-order valence-corrected chi connectivity index (χ2v) is 20.5. The molecule has 0 aromatic carbocycles. The lowest BCUT2D eigenvalue weighted by atomic mass is 9.33. The van der Waals surface area contributed by atoms with Crippen molar-refractivity contribution in [2.45, 2.75) is 173 Å². The summed E-state index contributed by atoms with van der Waals surface area (Å²) in [5.74, 6) is -1.98. The zero-order chi connectivity index (χ0) is 41.8. The van der Waals surface area contributed by atoms with E-state index in [-0.39, 0.29) is 46.0 Å². The monoisotopic (exact) mass is 810 g/mol. The Morgan fingerprint density at radius 3 is 2.05 bits per heavy atom. The van der Waals surface area contributed by atoms with Crippen molar-refractivity contribution >= 4 is 11.9 Å². The van der Waals surface area contributed by atoms with Crippen LogP contribution in [0.15, 0.2) is 11.6 Å². The number of hydrogen-bond donors (Lipinski definition) is 9. The molecule has 0 amide bonds. The van der Waals surface area contributed by atoms with Crippen LogP contribution in [0.4, 0.5) is 0 Å². The smallest absolute Gasteiger partial charge is 0.335 e. The topological polar surface area (TPSA) is 253 Å². The molecule has 0 aromatic rings. The standard InChI is InChI=1S/C42H66O15/c1-37(2)13-15-42(36(53)57-34-30(49)27(46)26(45)22(18-43)54-34)16-14-40(5)20(21(42)17-37)7-8-24-38(3)11-10-25(39(4,19-44)23(38)9-12-41(24,40)6)55-35-31(50)28(47)29(48)32(56-35)33(51)52/h7,21-32,34-35,43-50H,8-19H2,1-6H3,(H,51,52)/t21-,22-,23-,24-,25+,26-,27+,28+,29+,30-,31-,32+,34+,35-,38+,39+,40-,41-,42+/m1/s1. The fourth-order valence-corrected chi connectivity index (χ4v) is 13.6. The summed E-state index contributed by atoms with van der Waals surface area (Å²) in [6.07, 6.45) is -7.64. The average molecular weight is 811 g/mol. The first-order chi connectivity index (χ1) is 26.5. The summed E-state index contributed by atoms with van der Waals surface area (Å²) in [6, 6.07) is 0. The van der Waals surface area contributed by atoms with Gasteiger partial charge < -0.3 is 64.9 Å². The number of carboxylic acids is 1. The van der Waals surface area contributed by atoms with Crippen LogP contribution in [0.5, 0.6) is 0 Å². The van der Waals surface area contributed by atoms with Crippen molar-refractivity contribution in [1.29, 1.82) is 0 Å². The highest BCUT2D eigenvalue weighted by atomic mass is 16.7. The van der Waals surface area contributed by atoms with Crippen LogP contribution in [0, 0.1) is 50.2 Å². The molecule has 15 heteroatoms. The maximum absolute atomic E-state index is 14.6. The second-order valence-electron chi connectivity index (χ2n) is 20.5. The van der Waals surface area contributed by atoms with Gasteiger partial charge in [-0.3, -0.25) is 4.79 Å². The molecule has 0 bridgehead atoms. The molecule has 0 spiro atoms. The molecule has 9 N–H and O–H groups in total. The van der Waals surface area contributed by atoms with Crippen molar-refractivity contribution in [3.05, 3.63) is 11.6 Å². The number of carboxylic acid groups (broad SMARTS) is 1. The summed E-state index contributed by atoms with van der Waals surface area (Å²) in [5.41, 5.74) is -1.27. The Morgan fingerprint density at radius 2 is 1.40 bits per heavy atom. The molecule has 19 atom stereocenters. The highest BCUT2D eigenvalue weighted by molar-refractivity contribution is 5.79. The predicted molar refractivity (Wildman–Crippen MR) is 200 cm³/mol. The fraction of sp³-hybridized carbons (Fsp3) is 0.905. The van der Waals surface area contributed by atoms with E-state index in [9.17, 15) is 55.5 Å². The van der Waals surface area contributed by atoms with E-state index in [1.807, 2.05) is 6.92 Å². The van der Waals surface area contributed by atoms with Gasteiger partial charge in [0.2, 0.25) is 6.29 Å². The maximum atomic E-state index is 14.6. The van der Waals surface area contributed by atoms with Crippen LogP contribution in [-0.4, -0.2) is 139 Å². The lowest BCUT2D eigenvalue weighted by Gasteiger charge is -2.71. The lowest BCUT2D eigenvalue weighted by Crippen LogP contribution is -2.67. The molecular formula is C42H66O15. The van der Waals surface area contributed by atoms with Crippen LogP contribution in [0.25, 0.3) is 0 Å². The zero-order valence-electron chi connectivity index (χ0n) is 34.1. The summed E-state index contributed by atoms with van der Waals surface area (Å²) < 4.78 is 23.4. The van der Waals surface area contributed by atoms with Gasteiger partial charge in [0.25, 0.3) is 0 Å². The van der Waals surface area contributed by atoms with Crippen LogP contribution >= 0.6 is 0 Å². The SMILES string of the molecule is CC1(C)CC[C@]2(C(=O)O[C@@H]3O[C@H](CO)[C@@H](O)[C@H](O)[C@H]3O)CC[C@]3(C)C(=CC[C@@H]4[C@@]5(C)CC[C@H](O[C@@H]6O[C@H](C(=O)O)[C@@H](O)[C@H](O)[C@H]6O)[C@@](C)(CO)[C@@H]5CC[C@]43C)[C@H]2C1. The largest absolute Gasteiger partial charge is 0.479 e. The van der Waals surface area contributed by atoms with Crippen LogP contribution in [0.1, 0.15) is 106 Å². The molecule has 6 fully saturated rings. The number of hydrogen-bond acceptors (Lipinski definition) is 14. The molecule has 7 rings (SSSR count).